The van der Waals surface area contributed by atoms with E-state index in [1.807, 2.05) is 24.3 Å². The van der Waals surface area contributed by atoms with Crippen molar-refractivity contribution in [3.8, 4) is 6.07 Å². The molecule has 0 saturated carbocycles. The Morgan fingerprint density at radius 3 is 2.75 bits per heavy atom. The molecule has 4 nitrogen and oxygen atoms in total. The second-order valence-corrected chi connectivity index (χ2v) is 7.91. The number of hydrogen-bond acceptors (Lipinski definition) is 6. The van der Waals surface area contributed by atoms with Gasteiger partial charge in [0.25, 0.3) is 0 Å². The van der Waals surface area contributed by atoms with Crippen LogP contribution in [0.15, 0.2) is 29.4 Å². The molecule has 6 heteroatoms. The Kier molecular flexibility index (Phi) is 4.13. The zero-order valence-electron chi connectivity index (χ0n) is 13.1. The topological polar surface area (TPSA) is 75.6 Å². The highest BCUT2D eigenvalue weighted by molar-refractivity contribution is 7.98. The lowest BCUT2D eigenvalue weighted by atomic mass is 9.97. The summed E-state index contributed by atoms with van der Waals surface area (Å²) in [5.74, 6) is 1.38. The number of nitrogen functional groups attached to an aromatic ring is 1. The number of thioether (sulfide) groups is 1. The Morgan fingerprint density at radius 1 is 1.17 bits per heavy atom. The van der Waals surface area contributed by atoms with Gasteiger partial charge in [-0.1, -0.05) is 23.9 Å². The third-order valence-electron chi connectivity index (χ3n) is 4.27. The van der Waals surface area contributed by atoms with E-state index in [2.05, 4.69) is 11.1 Å². The summed E-state index contributed by atoms with van der Waals surface area (Å²) in [5, 5.41) is 10.7. The minimum atomic E-state index is 0.613. The van der Waals surface area contributed by atoms with Gasteiger partial charge in [0.2, 0.25) is 0 Å². The monoisotopic (exact) mass is 352 g/mol. The summed E-state index contributed by atoms with van der Waals surface area (Å²) in [4.78, 5) is 11.7. The molecule has 120 valence electrons. The van der Waals surface area contributed by atoms with Crippen molar-refractivity contribution in [3.05, 3.63) is 45.8 Å². The molecule has 0 unspecified atom stereocenters. The molecular formula is C18H16N4S2. The van der Waals surface area contributed by atoms with E-state index in [0.717, 1.165) is 39.5 Å². The number of fused-ring (bicyclic) bond motifs is 3. The van der Waals surface area contributed by atoms with Crippen LogP contribution in [-0.4, -0.2) is 9.97 Å². The summed E-state index contributed by atoms with van der Waals surface area (Å²) in [6.07, 6.45) is 4.73. The van der Waals surface area contributed by atoms with Gasteiger partial charge in [0.15, 0.2) is 5.16 Å². The van der Waals surface area contributed by atoms with E-state index in [0.29, 0.717) is 11.4 Å². The average molecular weight is 352 g/mol. The Hall–Kier alpha value is -2.10. The second kappa shape index (κ2) is 6.42. The van der Waals surface area contributed by atoms with Crippen LogP contribution in [0.1, 0.15) is 34.4 Å². The van der Waals surface area contributed by atoms with Crippen LogP contribution in [0.3, 0.4) is 0 Å². The maximum absolute atomic E-state index is 8.85. The SMILES string of the molecule is N#Cc1ccc(CSc2nc(N)c3c4c(sc3n2)CCCC4)cc1. The number of thiophene rings is 1. The molecule has 0 aliphatic heterocycles. The van der Waals surface area contributed by atoms with Gasteiger partial charge >= 0.3 is 0 Å². The van der Waals surface area contributed by atoms with E-state index in [4.69, 9.17) is 16.0 Å². The molecule has 0 fully saturated rings. The molecule has 0 bridgehead atoms. The van der Waals surface area contributed by atoms with Gasteiger partial charge in [-0.2, -0.15) is 5.26 Å². The summed E-state index contributed by atoms with van der Waals surface area (Å²) in [6, 6.07) is 9.74. The van der Waals surface area contributed by atoms with Crippen LogP contribution < -0.4 is 5.73 Å². The smallest absolute Gasteiger partial charge is 0.191 e. The van der Waals surface area contributed by atoms with Crippen molar-refractivity contribution in [2.75, 3.05) is 5.73 Å². The first-order valence-corrected chi connectivity index (χ1v) is 9.74. The van der Waals surface area contributed by atoms with Crippen molar-refractivity contribution in [3.63, 3.8) is 0 Å². The molecule has 2 aromatic heterocycles. The van der Waals surface area contributed by atoms with Gasteiger partial charge in [0.1, 0.15) is 10.6 Å². The minimum absolute atomic E-state index is 0.613. The first-order valence-electron chi connectivity index (χ1n) is 7.94. The highest BCUT2D eigenvalue weighted by Gasteiger charge is 2.20. The molecule has 0 amide bonds. The molecule has 0 atom stereocenters. The number of rotatable bonds is 3. The summed E-state index contributed by atoms with van der Waals surface area (Å²) in [6.45, 7) is 0. The Bertz CT molecular complexity index is 938. The number of nitrogens with two attached hydrogens (primary N) is 1. The van der Waals surface area contributed by atoms with Gasteiger partial charge in [-0.05, 0) is 48.9 Å². The number of nitriles is 1. The van der Waals surface area contributed by atoms with E-state index in [9.17, 15) is 0 Å². The van der Waals surface area contributed by atoms with E-state index < -0.39 is 0 Å². The molecule has 2 heterocycles. The maximum atomic E-state index is 8.85. The lowest BCUT2D eigenvalue weighted by Gasteiger charge is -2.10. The third kappa shape index (κ3) is 2.85. The summed E-state index contributed by atoms with van der Waals surface area (Å²) >= 11 is 3.36. The summed E-state index contributed by atoms with van der Waals surface area (Å²) in [5.41, 5.74) is 9.44. The molecule has 1 aromatic carbocycles. The lowest BCUT2D eigenvalue weighted by molar-refractivity contribution is 0.700. The van der Waals surface area contributed by atoms with E-state index in [1.54, 1.807) is 23.1 Å². The quantitative estimate of drug-likeness (QED) is 0.561. The van der Waals surface area contributed by atoms with Crippen LogP contribution in [0.5, 0.6) is 0 Å². The Labute approximate surface area is 148 Å². The van der Waals surface area contributed by atoms with Gasteiger partial charge < -0.3 is 5.73 Å². The number of aromatic nitrogens is 2. The molecule has 1 aliphatic carbocycles. The van der Waals surface area contributed by atoms with Crippen LogP contribution in [0.2, 0.25) is 0 Å². The zero-order chi connectivity index (χ0) is 16.5. The van der Waals surface area contributed by atoms with Gasteiger partial charge in [0, 0.05) is 10.6 Å². The molecular weight excluding hydrogens is 336 g/mol. The first kappa shape index (κ1) is 15.4. The Balaban J connectivity index is 1.59. The van der Waals surface area contributed by atoms with Crippen LogP contribution in [0.25, 0.3) is 10.2 Å². The molecule has 3 aromatic rings. The van der Waals surface area contributed by atoms with E-state index in [1.165, 1.54) is 23.3 Å². The van der Waals surface area contributed by atoms with Crippen molar-refractivity contribution in [2.24, 2.45) is 0 Å². The fraction of sp³-hybridized carbons (Fsp3) is 0.278. The van der Waals surface area contributed by atoms with Crippen molar-refractivity contribution < 1.29 is 0 Å². The van der Waals surface area contributed by atoms with Gasteiger partial charge in [0.05, 0.1) is 17.0 Å². The molecule has 4 rings (SSSR count). The number of hydrogen-bond donors (Lipinski definition) is 1. The molecule has 0 spiro atoms. The van der Waals surface area contributed by atoms with Crippen molar-refractivity contribution in [2.45, 2.75) is 36.6 Å². The van der Waals surface area contributed by atoms with E-state index in [-0.39, 0.29) is 0 Å². The lowest BCUT2D eigenvalue weighted by Crippen LogP contribution is -2.01. The number of anilines is 1. The van der Waals surface area contributed by atoms with Crippen LogP contribution in [0, 0.1) is 11.3 Å². The molecule has 24 heavy (non-hydrogen) atoms. The van der Waals surface area contributed by atoms with Crippen LogP contribution >= 0.6 is 23.1 Å². The zero-order valence-corrected chi connectivity index (χ0v) is 14.7. The van der Waals surface area contributed by atoms with Crippen LogP contribution in [-0.2, 0) is 18.6 Å². The fourth-order valence-electron chi connectivity index (χ4n) is 3.05. The predicted octanol–water partition coefficient (Wildman–Crippen LogP) is 4.32. The normalized spacial score (nSPS) is 13.6. The maximum Gasteiger partial charge on any atom is 0.191 e. The number of aryl methyl sites for hydroxylation is 2. The van der Waals surface area contributed by atoms with Gasteiger partial charge in [-0.15, -0.1) is 11.3 Å². The standard InChI is InChI=1S/C18H16N4S2/c19-9-11-5-7-12(8-6-11)10-23-18-21-16(20)15-13-3-1-2-4-14(13)24-17(15)22-18/h5-8H,1-4,10H2,(H2,20,21,22). The third-order valence-corrected chi connectivity index (χ3v) is 6.38. The molecule has 0 radical (unpaired) electrons. The van der Waals surface area contributed by atoms with E-state index >= 15 is 0 Å². The highest BCUT2D eigenvalue weighted by Crippen LogP contribution is 2.38. The highest BCUT2D eigenvalue weighted by atomic mass is 32.2. The predicted molar refractivity (Wildman–Crippen MR) is 99.2 cm³/mol. The van der Waals surface area contributed by atoms with Crippen molar-refractivity contribution in [1.82, 2.24) is 9.97 Å². The summed E-state index contributed by atoms with van der Waals surface area (Å²) < 4.78 is 0. The first-order chi connectivity index (χ1) is 11.7. The largest absolute Gasteiger partial charge is 0.383 e. The number of benzene rings is 1. The number of nitrogens with zero attached hydrogens (tertiary/aromatic N) is 3. The van der Waals surface area contributed by atoms with Crippen molar-refractivity contribution in [1.29, 1.82) is 5.26 Å². The van der Waals surface area contributed by atoms with Crippen molar-refractivity contribution >= 4 is 39.1 Å². The van der Waals surface area contributed by atoms with Gasteiger partial charge in [-0.3, -0.25) is 0 Å². The fourth-order valence-corrected chi connectivity index (χ4v) is 5.19. The van der Waals surface area contributed by atoms with Crippen LogP contribution in [0.4, 0.5) is 5.82 Å². The Morgan fingerprint density at radius 2 is 1.96 bits per heavy atom. The summed E-state index contributed by atoms with van der Waals surface area (Å²) in [7, 11) is 0. The molecule has 2 N–H and O–H groups in total. The molecule has 1 aliphatic rings. The molecule has 0 saturated heterocycles. The minimum Gasteiger partial charge on any atom is -0.383 e. The average Bonchev–Trinajstić information content (AvgIpc) is 2.99. The van der Waals surface area contributed by atoms with Gasteiger partial charge in [-0.25, -0.2) is 9.97 Å². The second-order valence-electron chi connectivity index (χ2n) is 5.88.